The molecule has 30 heavy (non-hydrogen) atoms. The maximum absolute atomic E-state index is 12.9. The summed E-state index contributed by atoms with van der Waals surface area (Å²) in [6, 6.07) is 2.89. The number of aliphatic hydroxyl groups excluding tert-OH is 4. The number of fused-ring (bicyclic) bond motifs is 2. The van der Waals surface area contributed by atoms with Crippen LogP contribution in [0.3, 0.4) is 0 Å². The van der Waals surface area contributed by atoms with Gasteiger partial charge in [-0.2, -0.15) is 0 Å². The van der Waals surface area contributed by atoms with Crippen LogP contribution in [0.25, 0.3) is 21.9 Å². The molecule has 2 aromatic carbocycles. The quantitative estimate of drug-likeness (QED) is 0.191. The predicted molar refractivity (Wildman–Crippen MR) is 99.4 cm³/mol. The molecule has 1 aromatic heterocycles. The number of aliphatic hydroxyl groups is 4. The summed E-state index contributed by atoms with van der Waals surface area (Å²) < 4.78 is 10.3. The van der Waals surface area contributed by atoms with Crippen molar-refractivity contribution in [3.63, 3.8) is 0 Å². The number of aromatic hydroxyl groups is 4. The fourth-order valence-corrected chi connectivity index (χ4v) is 3.79. The molecule has 8 N–H and O–H groups in total. The molecule has 3 aromatic rings. The predicted octanol–water partition coefficient (Wildman–Crippen LogP) is -0.717. The molecule has 0 amide bonds. The fourth-order valence-electron chi connectivity index (χ4n) is 3.79. The van der Waals surface area contributed by atoms with E-state index in [1.165, 1.54) is 0 Å². The number of hydrogen-bond donors (Lipinski definition) is 8. The topological polar surface area (TPSA) is 201 Å². The monoisotopic (exact) mass is 422 g/mol. The van der Waals surface area contributed by atoms with Crippen LogP contribution in [0.4, 0.5) is 0 Å². The standard InChI is InChI=1S/C19H18O11/c20-4-11-16(25)14(18(27)19(28)30-11)12-8(23)3-10-13(17(12)26)15(24)5-1-6(21)7(22)2-9(5)29-10/h1-3,11,14,16,18-23,25-28H,4H2/t11-,14+,16-,18-,19-/m1/s1. The van der Waals surface area contributed by atoms with Gasteiger partial charge in [0.1, 0.15) is 40.3 Å². The second-order valence-corrected chi connectivity index (χ2v) is 7.05. The highest BCUT2D eigenvalue weighted by Gasteiger charge is 2.46. The van der Waals surface area contributed by atoms with Gasteiger partial charge >= 0.3 is 0 Å². The lowest BCUT2D eigenvalue weighted by molar-refractivity contribution is -0.260. The Morgan fingerprint density at radius 1 is 0.867 bits per heavy atom. The van der Waals surface area contributed by atoms with E-state index in [9.17, 15) is 45.6 Å². The van der Waals surface area contributed by atoms with E-state index < -0.39 is 76.5 Å². The average Bonchev–Trinajstić information content (AvgIpc) is 2.68. The van der Waals surface area contributed by atoms with Crippen molar-refractivity contribution in [2.24, 2.45) is 0 Å². The first-order valence-corrected chi connectivity index (χ1v) is 8.83. The zero-order chi connectivity index (χ0) is 21.9. The minimum Gasteiger partial charge on any atom is -0.507 e. The van der Waals surface area contributed by atoms with Gasteiger partial charge in [0.2, 0.25) is 5.43 Å². The van der Waals surface area contributed by atoms with Crippen LogP contribution in [-0.4, -0.2) is 72.1 Å². The smallest absolute Gasteiger partial charge is 0.204 e. The summed E-state index contributed by atoms with van der Waals surface area (Å²) in [5, 5.41) is 79.9. The molecule has 0 bridgehead atoms. The van der Waals surface area contributed by atoms with E-state index in [-0.39, 0.29) is 16.6 Å². The summed E-state index contributed by atoms with van der Waals surface area (Å²) in [7, 11) is 0. The van der Waals surface area contributed by atoms with Crippen LogP contribution in [0.15, 0.2) is 27.4 Å². The Hall–Kier alpha value is -3.09. The van der Waals surface area contributed by atoms with Crippen molar-refractivity contribution in [2.75, 3.05) is 6.61 Å². The molecule has 1 saturated heterocycles. The minimum atomic E-state index is -1.85. The number of hydrogen-bond acceptors (Lipinski definition) is 11. The first-order valence-electron chi connectivity index (χ1n) is 8.83. The van der Waals surface area contributed by atoms with Crippen molar-refractivity contribution in [3.05, 3.63) is 34.0 Å². The Bertz CT molecular complexity index is 1200. The van der Waals surface area contributed by atoms with Crippen molar-refractivity contribution < 1.29 is 50.0 Å². The van der Waals surface area contributed by atoms with Crippen molar-refractivity contribution >= 4 is 21.9 Å². The van der Waals surface area contributed by atoms with Gasteiger partial charge in [-0.05, 0) is 6.07 Å². The second kappa shape index (κ2) is 7.00. The van der Waals surface area contributed by atoms with Crippen LogP contribution in [0.2, 0.25) is 0 Å². The van der Waals surface area contributed by atoms with E-state index in [0.717, 1.165) is 18.2 Å². The third-order valence-corrected chi connectivity index (χ3v) is 5.29. The molecule has 0 unspecified atom stereocenters. The van der Waals surface area contributed by atoms with Gasteiger partial charge < -0.3 is 50.0 Å². The van der Waals surface area contributed by atoms with E-state index >= 15 is 0 Å². The van der Waals surface area contributed by atoms with Crippen LogP contribution >= 0.6 is 0 Å². The molecule has 4 rings (SSSR count). The van der Waals surface area contributed by atoms with Gasteiger partial charge in [0, 0.05) is 17.7 Å². The maximum atomic E-state index is 12.9. The van der Waals surface area contributed by atoms with Crippen LogP contribution in [0.5, 0.6) is 23.0 Å². The maximum Gasteiger partial charge on any atom is 0.204 e. The molecule has 160 valence electrons. The number of phenolic OH excluding ortho intramolecular Hbond substituents is 4. The summed E-state index contributed by atoms with van der Waals surface area (Å²) in [5.74, 6) is -4.18. The van der Waals surface area contributed by atoms with Gasteiger partial charge in [-0.15, -0.1) is 0 Å². The van der Waals surface area contributed by atoms with Crippen molar-refractivity contribution in [3.8, 4) is 23.0 Å². The molecular weight excluding hydrogens is 404 g/mol. The lowest BCUT2D eigenvalue weighted by Gasteiger charge is -2.40. The third-order valence-electron chi connectivity index (χ3n) is 5.29. The van der Waals surface area contributed by atoms with Gasteiger partial charge in [0.25, 0.3) is 0 Å². The van der Waals surface area contributed by atoms with Gasteiger partial charge in [-0.3, -0.25) is 4.79 Å². The Balaban J connectivity index is 2.02. The normalized spacial score (nSPS) is 27.0. The zero-order valence-corrected chi connectivity index (χ0v) is 15.1. The van der Waals surface area contributed by atoms with Crippen LogP contribution < -0.4 is 5.43 Å². The summed E-state index contributed by atoms with van der Waals surface area (Å²) in [4.78, 5) is 12.9. The first kappa shape index (κ1) is 20.2. The van der Waals surface area contributed by atoms with Gasteiger partial charge in [0.15, 0.2) is 17.8 Å². The van der Waals surface area contributed by atoms with Gasteiger partial charge in [-0.1, -0.05) is 0 Å². The van der Waals surface area contributed by atoms with Crippen molar-refractivity contribution in [1.82, 2.24) is 0 Å². The number of phenols is 4. The van der Waals surface area contributed by atoms with Gasteiger partial charge in [-0.25, -0.2) is 0 Å². The lowest BCUT2D eigenvalue weighted by Crippen LogP contribution is -2.54. The van der Waals surface area contributed by atoms with E-state index in [2.05, 4.69) is 0 Å². The minimum absolute atomic E-state index is 0.128. The molecule has 1 aliphatic rings. The van der Waals surface area contributed by atoms with E-state index in [1.54, 1.807) is 0 Å². The highest BCUT2D eigenvalue weighted by Crippen LogP contribution is 2.45. The third kappa shape index (κ3) is 2.83. The highest BCUT2D eigenvalue weighted by atomic mass is 16.6. The first-order chi connectivity index (χ1) is 14.1. The summed E-state index contributed by atoms with van der Waals surface area (Å²) in [6.45, 7) is -0.730. The summed E-state index contributed by atoms with van der Waals surface area (Å²) in [6.07, 6.45) is -6.66. The molecule has 0 spiro atoms. The number of ether oxygens (including phenoxy) is 1. The molecular formula is C19H18O11. The van der Waals surface area contributed by atoms with E-state index in [0.29, 0.717) is 0 Å². The number of benzene rings is 2. The lowest BCUT2D eigenvalue weighted by atomic mass is 9.81. The summed E-state index contributed by atoms with van der Waals surface area (Å²) in [5.41, 5.74) is -1.68. The molecule has 2 heterocycles. The average molecular weight is 422 g/mol. The van der Waals surface area contributed by atoms with Gasteiger partial charge in [0.05, 0.1) is 24.0 Å². The Kier molecular flexibility index (Phi) is 4.71. The molecule has 0 saturated carbocycles. The molecule has 1 fully saturated rings. The fraction of sp³-hybridized carbons (Fsp3) is 0.316. The Morgan fingerprint density at radius 3 is 2.17 bits per heavy atom. The van der Waals surface area contributed by atoms with Crippen LogP contribution in [0, 0.1) is 0 Å². The van der Waals surface area contributed by atoms with Crippen molar-refractivity contribution in [2.45, 2.75) is 30.5 Å². The molecule has 11 nitrogen and oxygen atoms in total. The largest absolute Gasteiger partial charge is 0.507 e. The molecule has 1 aliphatic heterocycles. The Labute approximate surface area is 166 Å². The van der Waals surface area contributed by atoms with E-state index in [4.69, 9.17) is 9.15 Å². The van der Waals surface area contributed by atoms with Crippen molar-refractivity contribution in [1.29, 1.82) is 0 Å². The Morgan fingerprint density at radius 2 is 1.50 bits per heavy atom. The summed E-state index contributed by atoms with van der Waals surface area (Å²) >= 11 is 0. The molecule has 11 heteroatoms. The molecule has 0 aliphatic carbocycles. The number of rotatable bonds is 2. The molecule has 0 radical (unpaired) electrons. The molecule has 5 atom stereocenters. The van der Waals surface area contributed by atoms with E-state index in [1.807, 2.05) is 0 Å². The highest BCUT2D eigenvalue weighted by molar-refractivity contribution is 5.96. The second-order valence-electron chi connectivity index (χ2n) is 7.05. The zero-order valence-electron chi connectivity index (χ0n) is 15.1. The SMILES string of the molecule is O=c1c2cc(O)c(O)cc2oc2cc(O)c([C@@H]3[C@@H](O)[C@H](O)O[C@H](CO)[C@H]3O)c(O)c12. The van der Waals surface area contributed by atoms with Crippen LogP contribution in [-0.2, 0) is 4.74 Å². The van der Waals surface area contributed by atoms with Crippen LogP contribution in [0.1, 0.15) is 11.5 Å².